The Morgan fingerprint density at radius 1 is 1.53 bits per heavy atom. The molecule has 1 atom stereocenters. The smallest absolute Gasteiger partial charge is 0.163 e. The summed E-state index contributed by atoms with van der Waals surface area (Å²) in [6.07, 6.45) is 1.84. The van der Waals surface area contributed by atoms with E-state index < -0.39 is 5.92 Å². The average Bonchev–Trinajstić information content (AvgIpc) is 3.21. The molecule has 1 aliphatic carbocycles. The number of para-hydroxylation sites is 2. The van der Waals surface area contributed by atoms with Crippen molar-refractivity contribution in [2.24, 2.45) is 5.92 Å². The lowest BCUT2D eigenvalue weighted by Crippen LogP contribution is -2.17. The van der Waals surface area contributed by atoms with E-state index in [1.807, 2.05) is 35.8 Å². The number of aryl methyl sites for hydroxylation is 1. The van der Waals surface area contributed by atoms with Crippen LogP contribution < -0.4 is 0 Å². The summed E-state index contributed by atoms with van der Waals surface area (Å²) < 4.78 is 1.98. The second-order valence-electron chi connectivity index (χ2n) is 4.94. The van der Waals surface area contributed by atoms with E-state index in [-0.39, 0.29) is 11.7 Å². The van der Waals surface area contributed by atoms with Crippen LogP contribution in [0.25, 0.3) is 11.0 Å². The molecule has 0 N–H and O–H groups in total. The molecule has 1 aromatic carbocycles. The molecule has 1 heterocycles. The summed E-state index contributed by atoms with van der Waals surface area (Å²) in [5, 5.41) is 9.35. The van der Waals surface area contributed by atoms with Crippen LogP contribution in [0.5, 0.6) is 0 Å². The summed E-state index contributed by atoms with van der Waals surface area (Å²) >= 11 is 0. The number of benzene rings is 1. The minimum absolute atomic E-state index is 0.0347. The molecular weight excluding hydrogens is 238 g/mol. The van der Waals surface area contributed by atoms with Gasteiger partial charge in [-0.25, -0.2) is 4.98 Å². The van der Waals surface area contributed by atoms with Crippen LogP contribution in [0.1, 0.15) is 31.5 Å². The van der Waals surface area contributed by atoms with Gasteiger partial charge in [0, 0.05) is 12.5 Å². The van der Waals surface area contributed by atoms with Crippen LogP contribution in [0.3, 0.4) is 0 Å². The average molecular weight is 253 g/mol. The van der Waals surface area contributed by atoms with E-state index in [0.717, 1.165) is 23.9 Å². The van der Waals surface area contributed by atoms with E-state index in [2.05, 4.69) is 11.1 Å². The van der Waals surface area contributed by atoms with Crippen LogP contribution >= 0.6 is 0 Å². The summed E-state index contributed by atoms with van der Waals surface area (Å²) in [6.45, 7) is 2.72. The number of aromatic nitrogens is 2. The number of rotatable bonds is 4. The Kier molecular flexibility index (Phi) is 2.83. The zero-order valence-corrected chi connectivity index (χ0v) is 10.8. The molecule has 0 aliphatic heterocycles. The van der Waals surface area contributed by atoms with Gasteiger partial charge in [-0.3, -0.25) is 4.79 Å². The van der Waals surface area contributed by atoms with Crippen molar-refractivity contribution in [2.45, 2.75) is 32.2 Å². The van der Waals surface area contributed by atoms with E-state index in [0.29, 0.717) is 12.4 Å². The summed E-state index contributed by atoms with van der Waals surface area (Å²) in [7, 11) is 0. The highest BCUT2D eigenvalue weighted by Gasteiger charge is 2.37. The molecule has 1 saturated carbocycles. The highest BCUT2D eigenvalue weighted by Crippen LogP contribution is 2.35. The molecule has 0 spiro atoms. The molecule has 19 heavy (non-hydrogen) atoms. The number of ketones is 1. The summed E-state index contributed by atoms with van der Waals surface area (Å²) in [4.78, 5) is 16.7. The van der Waals surface area contributed by atoms with E-state index in [1.165, 1.54) is 0 Å². The maximum Gasteiger partial charge on any atom is 0.163 e. The maximum absolute atomic E-state index is 12.2. The van der Waals surface area contributed by atoms with Crippen LogP contribution in [0, 0.1) is 17.2 Å². The quantitative estimate of drug-likeness (QED) is 0.841. The third-order valence-electron chi connectivity index (χ3n) is 3.65. The molecule has 96 valence electrons. The summed E-state index contributed by atoms with van der Waals surface area (Å²) in [5.74, 6) is -0.00905. The van der Waals surface area contributed by atoms with E-state index in [1.54, 1.807) is 0 Å². The Morgan fingerprint density at radius 3 is 2.89 bits per heavy atom. The number of Topliss-reactive ketones (excluding diaryl/α,β-unsaturated/α-hetero) is 1. The van der Waals surface area contributed by atoms with Crippen molar-refractivity contribution in [1.29, 1.82) is 5.26 Å². The van der Waals surface area contributed by atoms with Crippen molar-refractivity contribution in [2.75, 3.05) is 0 Å². The van der Waals surface area contributed by atoms with E-state index in [4.69, 9.17) is 0 Å². The Labute approximate surface area is 111 Å². The van der Waals surface area contributed by atoms with Crippen LogP contribution in [0.2, 0.25) is 0 Å². The number of carbonyl (C=O) groups excluding carboxylic acids is 1. The number of hydrogen-bond donors (Lipinski definition) is 0. The molecular formula is C15H15N3O. The molecule has 1 fully saturated rings. The maximum atomic E-state index is 12.2. The molecule has 0 amide bonds. The molecule has 0 saturated heterocycles. The van der Waals surface area contributed by atoms with Crippen LogP contribution in [0.4, 0.5) is 0 Å². The third-order valence-corrected chi connectivity index (χ3v) is 3.65. The topological polar surface area (TPSA) is 58.7 Å². The Hall–Kier alpha value is -2.15. The normalized spacial score (nSPS) is 16.2. The Morgan fingerprint density at radius 2 is 2.26 bits per heavy atom. The molecule has 3 rings (SSSR count). The standard InChI is InChI=1S/C15H15N3O/c1-2-18-13-6-4-3-5-12(13)17-15(18)11(9-16)14(19)10-7-8-10/h3-6,10-11H,2,7-8H2,1H3. The molecule has 2 aromatic rings. The SMILES string of the molecule is CCn1c(C(C#N)C(=O)C2CC2)nc2ccccc21. The second-order valence-corrected chi connectivity index (χ2v) is 4.94. The van der Waals surface area contributed by atoms with Gasteiger partial charge in [-0.05, 0) is 31.9 Å². The van der Waals surface area contributed by atoms with Gasteiger partial charge in [-0.2, -0.15) is 5.26 Å². The largest absolute Gasteiger partial charge is 0.327 e. The van der Waals surface area contributed by atoms with Crippen molar-refractivity contribution in [3.8, 4) is 6.07 Å². The van der Waals surface area contributed by atoms with Gasteiger partial charge in [0.05, 0.1) is 17.1 Å². The van der Waals surface area contributed by atoms with E-state index >= 15 is 0 Å². The first-order valence-corrected chi connectivity index (χ1v) is 6.64. The van der Waals surface area contributed by atoms with Gasteiger partial charge in [-0.1, -0.05) is 12.1 Å². The van der Waals surface area contributed by atoms with Gasteiger partial charge >= 0.3 is 0 Å². The van der Waals surface area contributed by atoms with E-state index in [9.17, 15) is 10.1 Å². The first-order valence-electron chi connectivity index (χ1n) is 6.64. The fourth-order valence-electron chi connectivity index (χ4n) is 2.50. The van der Waals surface area contributed by atoms with Crippen LogP contribution in [-0.2, 0) is 11.3 Å². The fraction of sp³-hybridized carbons (Fsp3) is 0.400. The van der Waals surface area contributed by atoms with Gasteiger partial charge in [0.15, 0.2) is 11.7 Å². The van der Waals surface area contributed by atoms with Crippen molar-refractivity contribution in [3.63, 3.8) is 0 Å². The van der Waals surface area contributed by atoms with Gasteiger partial charge in [0.1, 0.15) is 5.82 Å². The van der Waals surface area contributed by atoms with Crippen molar-refractivity contribution in [1.82, 2.24) is 9.55 Å². The fourth-order valence-corrected chi connectivity index (χ4v) is 2.50. The molecule has 0 radical (unpaired) electrons. The lowest BCUT2D eigenvalue weighted by molar-refractivity contribution is -0.120. The zero-order valence-electron chi connectivity index (χ0n) is 10.8. The Balaban J connectivity index is 2.12. The molecule has 1 unspecified atom stereocenters. The zero-order chi connectivity index (χ0) is 13.4. The first-order chi connectivity index (χ1) is 9.26. The molecule has 4 nitrogen and oxygen atoms in total. The predicted octanol–water partition coefficient (Wildman–Crippen LogP) is 2.64. The summed E-state index contributed by atoms with van der Waals surface area (Å²) in [5.41, 5.74) is 1.84. The van der Waals surface area contributed by atoms with Crippen LogP contribution in [-0.4, -0.2) is 15.3 Å². The van der Waals surface area contributed by atoms with Crippen LogP contribution in [0.15, 0.2) is 24.3 Å². The summed E-state index contributed by atoms with van der Waals surface area (Å²) in [6, 6.07) is 9.91. The molecule has 0 bridgehead atoms. The van der Waals surface area contributed by atoms with Gasteiger partial charge in [0.25, 0.3) is 0 Å². The number of carbonyl (C=O) groups is 1. The highest BCUT2D eigenvalue weighted by atomic mass is 16.1. The van der Waals surface area contributed by atoms with Crippen molar-refractivity contribution >= 4 is 16.8 Å². The minimum atomic E-state index is -0.722. The molecule has 1 aromatic heterocycles. The number of fused-ring (bicyclic) bond motifs is 1. The predicted molar refractivity (Wildman–Crippen MR) is 71.5 cm³/mol. The Bertz CT molecular complexity index is 676. The van der Waals surface area contributed by atoms with Crippen molar-refractivity contribution in [3.05, 3.63) is 30.1 Å². The second kappa shape index (κ2) is 4.51. The first kappa shape index (κ1) is 11.9. The number of nitriles is 1. The van der Waals surface area contributed by atoms with Crippen molar-refractivity contribution < 1.29 is 4.79 Å². The monoisotopic (exact) mass is 253 g/mol. The van der Waals surface area contributed by atoms with Gasteiger partial charge in [-0.15, -0.1) is 0 Å². The minimum Gasteiger partial charge on any atom is -0.327 e. The third kappa shape index (κ3) is 1.91. The van der Waals surface area contributed by atoms with Gasteiger partial charge in [0.2, 0.25) is 0 Å². The van der Waals surface area contributed by atoms with Gasteiger partial charge < -0.3 is 4.57 Å². The number of hydrogen-bond acceptors (Lipinski definition) is 3. The molecule has 1 aliphatic rings. The molecule has 4 heteroatoms. The highest BCUT2D eigenvalue weighted by molar-refractivity contribution is 5.92. The number of nitrogens with zero attached hydrogens (tertiary/aromatic N) is 3. The lowest BCUT2D eigenvalue weighted by atomic mass is 10.0. The number of imidazole rings is 1. The lowest BCUT2D eigenvalue weighted by Gasteiger charge is -2.10.